The van der Waals surface area contributed by atoms with Crippen LogP contribution in [0.2, 0.25) is 5.02 Å². The summed E-state index contributed by atoms with van der Waals surface area (Å²) in [5, 5.41) is 0.0470. The minimum Gasteiger partial charge on any atom is -0.206 e. The monoisotopic (exact) mass is 396 g/mol. The summed E-state index contributed by atoms with van der Waals surface area (Å²) in [6.45, 7) is 2.21. The molecule has 0 fully saturated rings. The largest absolute Gasteiger partial charge is 0.206 e. The van der Waals surface area contributed by atoms with Crippen molar-refractivity contribution >= 4 is 11.6 Å². The third-order valence-corrected chi connectivity index (χ3v) is 5.92. The first-order chi connectivity index (χ1) is 13.6. The van der Waals surface area contributed by atoms with Gasteiger partial charge in [0.05, 0.1) is 5.02 Å². The van der Waals surface area contributed by atoms with Crippen LogP contribution in [-0.2, 0) is 19.3 Å². The molecule has 0 radical (unpaired) electrons. The molecule has 1 aliphatic carbocycles. The highest BCUT2D eigenvalue weighted by atomic mass is 35.5. The first-order valence-corrected chi connectivity index (χ1v) is 10.3. The molecule has 0 nitrogen and oxygen atoms in total. The van der Waals surface area contributed by atoms with E-state index in [4.69, 9.17) is 11.6 Å². The highest BCUT2D eigenvalue weighted by molar-refractivity contribution is 6.30. The predicted molar refractivity (Wildman–Crippen MR) is 113 cm³/mol. The predicted octanol–water partition coefficient (Wildman–Crippen LogP) is 7.78. The zero-order chi connectivity index (χ0) is 19.7. The van der Waals surface area contributed by atoms with Crippen LogP contribution in [0.15, 0.2) is 48.5 Å². The normalized spacial score (nSPS) is 12.6. The Hall–Kier alpha value is -2.19. The van der Waals surface area contributed by atoms with E-state index in [1.807, 2.05) is 6.07 Å². The molecule has 3 heteroatoms. The lowest BCUT2D eigenvalue weighted by Crippen LogP contribution is -2.06. The van der Waals surface area contributed by atoms with Gasteiger partial charge >= 0.3 is 0 Å². The van der Waals surface area contributed by atoms with Crippen molar-refractivity contribution in [2.24, 2.45) is 0 Å². The molecule has 4 rings (SSSR count). The van der Waals surface area contributed by atoms with Gasteiger partial charge in [-0.15, -0.1) is 0 Å². The van der Waals surface area contributed by atoms with Gasteiger partial charge in [-0.3, -0.25) is 0 Å². The van der Waals surface area contributed by atoms with E-state index in [1.165, 1.54) is 42.5 Å². The van der Waals surface area contributed by atoms with Crippen LogP contribution in [0, 0.1) is 11.6 Å². The van der Waals surface area contributed by atoms with Crippen LogP contribution in [0.5, 0.6) is 0 Å². The van der Waals surface area contributed by atoms with Gasteiger partial charge in [0.25, 0.3) is 0 Å². The van der Waals surface area contributed by atoms with Crippen LogP contribution in [-0.4, -0.2) is 0 Å². The minimum absolute atomic E-state index is 0.0470. The zero-order valence-electron chi connectivity index (χ0n) is 16.0. The van der Waals surface area contributed by atoms with Crippen molar-refractivity contribution < 1.29 is 8.78 Å². The highest BCUT2D eigenvalue weighted by Crippen LogP contribution is 2.38. The summed E-state index contributed by atoms with van der Waals surface area (Å²) in [5.41, 5.74) is 6.78. The Morgan fingerprint density at radius 1 is 0.786 bits per heavy atom. The molecular weight excluding hydrogens is 374 g/mol. The fraction of sp³-hybridized carbons (Fsp3) is 0.280. The van der Waals surface area contributed by atoms with Gasteiger partial charge in [-0.2, -0.15) is 0 Å². The van der Waals surface area contributed by atoms with Crippen LogP contribution < -0.4 is 0 Å². The molecule has 3 aromatic rings. The molecule has 0 unspecified atom stereocenters. The van der Waals surface area contributed by atoms with Gasteiger partial charge in [0, 0.05) is 5.56 Å². The summed E-state index contributed by atoms with van der Waals surface area (Å²) >= 11 is 5.76. The van der Waals surface area contributed by atoms with Gasteiger partial charge in [-0.1, -0.05) is 55.6 Å². The second-order valence-corrected chi connectivity index (χ2v) is 7.97. The number of aryl methyl sites for hydroxylation is 3. The Balaban J connectivity index is 1.69. The molecule has 0 aliphatic heterocycles. The Labute approximate surface area is 170 Å². The summed E-state index contributed by atoms with van der Waals surface area (Å²) < 4.78 is 28.7. The Kier molecular flexibility index (Phi) is 5.50. The van der Waals surface area contributed by atoms with E-state index >= 15 is 0 Å². The molecule has 144 valence electrons. The number of rotatable bonds is 5. The maximum Gasteiger partial charge on any atom is 0.142 e. The lowest BCUT2D eigenvalue weighted by molar-refractivity contribution is 0.624. The Bertz CT molecular complexity index is 1020. The Morgan fingerprint density at radius 3 is 2.32 bits per heavy atom. The van der Waals surface area contributed by atoms with E-state index in [9.17, 15) is 8.78 Å². The van der Waals surface area contributed by atoms with Gasteiger partial charge in [0.1, 0.15) is 11.6 Å². The molecule has 0 saturated carbocycles. The van der Waals surface area contributed by atoms with Crippen molar-refractivity contribution in [3.63, 3.8) is 0 Å². The molecule has 0 spiro atoms. The zero-order valence-corrected chi connectivity index (χ0v) is 16.8. The summed E-state index contributed by atoms with van der Waals surface area (Å²) in [5.74, 6) is -0.863. The molecule has 0 heterocycles. The third-order valence-electron chi connectivity index (χ3n) is 5.62. The summed E-state index contributed by atoms with van der Waals surface area (Å²) in [6.07, 6.45) is 6.59. The minimum atomic E-state index is -0.530. The van der Waals surface area contributed by atoms with E-state index in [0.29, 0.717) is 11.1 Å². The van der Waals surface area contributed by atoms with E-state index < -0.39 is 5.82 Å². The van der Waals surface area contributed by atoms with Crippen LogP contribution in [0.25, 0.3) is 22.3 Å². The van der Waals surface area contributed by atoms with E-state index in [1.54, 1.807) is 12.1 Å². The van der Waals surface area contributed by atoms with E-state index in [-0.39, 0.29) is 10.8 Å². The average Bonchev–Trinajstić information content (AvgIpc) is 2.69. The molecular formula is C25H23ClF2. The fourth-order valence-corrected chi connectivity index (χ4v) is 4.20. The van der Waals surface area contributed by atoms with E-state index in [0.717, 1.165) is 36.0 Å². The van der Waals surface area contributed by atoms with Gasteiger partial charge < -0.3 is 0 Å². The van der Waals surface area contributed by atoms with Gasteiger partial charge in [-0.05, 0) is 83.3 Å². The van der Waals surface area contributed by atoms with Crippen LogP contribution in [0.4, 0.5) is 8.78 Å². The number of halogens is 3. The van der Waals surface area contributed by atoms with Crippen molar-refractivity contribution in [1.82, 2.24) is 0 Å². The molecule has 3 aromatic carbocycles. The van der Waals surface area contributed by atoms with Crippen molar-refractivity contribution in [3.05, 3.63) is 81.9 Å². The van der Waals surface area contributed by atoms with Crippen molar-refractivity contribution in [3.8, 4) is 22.3 Å². The number of hydrogen-bond acceptors (Lipinski definition) is 0. The van der Waals surface area contributed by atoms with Crippen molar-refractivity contribution in [2.45, 2.75) is 45.4 Å². The lowest BCUT2D eigenvalue weighted by Gasteiger charge is -2.22. The number of benzene rings is 3. The number of fused-ring (bicyclic) bond motifs is 3. The van der Waals surface area contributed by atoms with Crippen LogP contribution in [0.1, 0.15) is 42.9 Å². The molecule has 28 heavy (non-hydrogen) atoms. The average molecular weight is 397 g/mol. The molecule has 0 amide bonds. The number of hydrogen-bond donors (Lipinski definition) is 0. The SMILES string of the molecule is CCCCCc1ccc2c(c1)CCc1cc(-c3ccc(Cl)c(F)c3)c(F)cc1-2. The second kappa shape index (κ2) is 8.05. The van der Waals surface area contributed by atoms with E-state index in [2.05, 4.69) is 25.1 Å². The first kappa shape index (κ1) is 19.1. The molecule has 0 N–H and O–H groups in total. The van der Waals surface area contributed by atoms with Crippen LogP contribution in [0.3, 0.4) is 0 Å². The van der Waals surface area contributed by atoms with Crippen molar-refractivity contribution in [1.29, 1.82) is 0 Å². The summed E-state index contributed by atoms with van der Waals surface area (Å²) in [4.78, 5) is 0. The maximum atomic E-state index is 14.9. The quantitative estimate of drug-likeness (QED) is 0.386. The van der Waals surface area contributed by atoms with Gasteiger partial charge in [0.2, 0.25) is 0 Å². The fourth-order valence-electron chi connectivity index (χ4n) is 4.08. The molecule has 0 bridgehead atoms. The second-order valence-electron chi connectivity index (χ2n) is 7.57. The van der Waals surface area contributed by atoms with Gasteiger partial charge in [-0.25, -0.2) is 8.78 Å². The van der Waals surface area contributed by atoms with Crippen LogP contribution >= 0.6 is 11.6 Å². The summed E-state index contributed by atoms with van der Waals surface area (Å²) in [7, 11) is 0. The Morgan fingerprint density at radius 2 is 1.57 bits per heavy atom. The van der Waals surface area contributed by atoms with Gasteiger partial charge in [0.15, 0.2) is 0 Å². The summed E-state index contributed by atoms with van der Waals surface area (Å²) in [6, 6.07) is 14.5. The molecule has 0 aromatic heterocycles. The topological polar surface area (TPSA) is 0 Å². The first-order valence-electron chi connectivity index (χ1n) is 9.97. The standard InChI is InChI=1S/C25H23ClF2/c1-2-3-4-5-16-6-10-20-17(12-16)7-8-18-13-22(24(27)15-21(18)20)19-9-11-23(26)25(28)14-19/h6,9-15H,2-5,7-8H2,1H3. The third kappa shape index (κ3) is 3.71. The molecule has 0 saturated heterocycles. The highest BCUT2D eigenvalue weighted by Gasteiger charge is 2.20. The lowest BCUT2D eigenvalue weighted by atomic mass is 9.83. The van der Waals surface area contributed by atoms with Crippen molar-refractivity contribution in [2.75, 3.05) is 0 Å². The number of unbranched alkanes of at least 4 members (excludes halogenated alkanes) is 2. The molecule has 1 aliphatic rings. The maximum absolute atomic E-state index is 14.9. The molecule has 0 atom stereocenters. The smallest absolute Gasteiger partial charge is 0.142 e.